The first-order valence-corrected chi connectivity index (χ1v) is 6.83. The lowest BCUT2D eigenvalue weighted by Gasteiger charge is -2.22. The number of benzene rings is 1. The molecule has 1 unspecified atom stereocenters. The van der Waals surface area contributed by atoms with Crippen molar-refractivity contribution in [2.24, 2.45) is 0 Å². The summed E-state index contributed by atoms with van der Waals surface area (Å²) in [5.74, 6) is 3.57. The van der Waals surface area contributed by atoms with Crippen LogP contribution in [0, 0.1) is 17.8 Å². The largest absolute Gasteiger partial charge is 0.493 e. The number of amides is 2. The number of carbonyl (C=O) groups is 1. The first kappa shape index (κ1) is 15.2. The van der Waals surface area contributed by atoms with E-state index in [0.29, 0.717) is 21.5 Å². The molecule has 0 saturated carbocycles. The second-order valence-corrected chi connectivity index (χ2v) is 5.16. The molecule has 2 amide bonds. The minimum atomic E-state index is -0.581. The number of carbonyl (C=O) groups excluding carboxylic acids is 1. The Hall–Kier alpha value is -2.20. The summed E-state index contributed by atoms with van der Waals surface area (Å²) in [4.78, 5) is 13.3. The normalized spacial score (nSPS) is 17.4. The Labute approximate surface area is 131 Å². The van der Waals surface area contributed by atoms with Gasteiger partial charge in [-0.3, -0.25) is 15.6 Å². The van der Waals surface area contributed by atoms with Crippen LogP contribution < -0.4 is 14.8 Å². The third-order valence-corrected chi connectivity index (χ3v) is 3.83. The van der Waals surface area contributed by atoms with Gasteiger partial charge in [0.2, 0.25) is 0 Å². The predicted molar refractivity (Wildman–Crippen MR) is 81.8 cm³/mol. The molecular weight excluding hydrogens is 338 g/mol. The molecule has 1 heterocycles. The number of nitrogens with zero attached hydrogens (tertiary/aromatic N) is 1. The van der Waals surface area contributed by atoms with Gasteiger partial charge in [0.25, 0.3) is 0 Å². The third-order valence-electron chi connectivity index (χ3n) is 3.15. The first-order chi connectivity index (χ1) is 10.0. The van der Waals surface area contributed by atoms with Gasteiger partial charge in [0.05, 0.1) is 20.8 Å². The highest BCUT2D eigenvalue weighted by Gasteiger charge is 2.37. The number of rotatable bonds is 4. The third kappa shape index (κ3) is 2.67. The fourth-order valence-corrected chi connectivity index (χ4v) is 2.73. The molecule has 0 radical (unpaired) electrons. The van der Waals surface area contributed by atoms with Crippen molar-refractivity contribution in [3.05, 3.63) is 22.2 Å². The zero-order chi connectivity index (χ0) is 15.6. The average molecular weight is 352 g/mol. The van der Waals surface area contributed by atoms with Crippen LogP contribution in [0.5, 0.6) is 11.5 Å². The maximum absolute atomic E-state index is 11.9. The fourth-order valence-electron chi connectivity index (χ4n) is 2.19. The van der Waals surface area contributed by atoms with Crippen molar-refractivity contribution in [2.45, 2.75) is 6.04 Å². The van der Waals surface area contributed by atoms with E-state index in [1.165, 1.54) is 19.1 Å². The van der Waals surface area contributed by atoms with Gasteiger partial charge >= 0.3 is 6.03 Å². The molecule has 0 spiro atoms. The first-order valence-electron chi connectivity index (χ1n) is 6.04. The van der Waals surface area contributed by atoms with Crippen LogP contribution in [-0.4, -0.2) is 37.5 Å². The molecule has 0 aliphatic carbocycles. The lowest BCUT2D eigenvalue weighted by atomic mass is 10.0. The second kappa shape index (κ2) is 6.06. The quantitative estimate of drug-likeness (QED) is 0.816. The molecule has 0 aromatic heterocycles. The van der Waals surface area contributed by atoms with Crippen LogP contribution in [0.15, 0.2) is 16.6 Å². The van der Waals surface area contributed by atoms with Gasteiger partial charge in [-0.25, -0.2) is 4.79 Å². The van der Waals surface area contributed by atoms with E-state index in [-0.39, 0.29) is 18.4 Å². The van der Waals surface area contributed by atoms with E-state index in [1.54, 1.807) is 12.1 Å². The Bertz CT molecular complexity index is 639. The summed E-state index contributed by atoms with van der Waals surface area (Å²) < 4.78 is 11.2. The van der Waals surface area contributed by atoms with Crippen LogP contribution in [0.3, 0.4) is 0 Å². The number of urea groups is 1. The van der Waals surface area contributed by atoms with E-state index in [0.717, 1.165) is 0 Å². The van der Waals surface area contributed by atoms with Gasteiger partial charge in [-0.2, -0.15) is 0 Å². The summed E-state index contributed by atoms with van der Waals surface area (Å²) in [5, 5.41) is 10.4. The van der Waals surface area contributed by atoms with Crippen LogP contribution >= 0.6 is 15.9 Å². The Morgan fingerprint density at radius 1 is 1.43 bits per heavy atom. The molecule has 7 heteroatoms. The predicted octanol–water partition coefficient (Wildman–Crippen LogP) is 2.14. The van der Waals surface area contributed by atoms with E-state index >= 15 is 0 Å². The highest BCUT2D eigenvalue weighted by atomic mass is 79.9. The number of methoxy groups -OCH3 is 2. The Morgan fingerprint density at radius 2 is 2.05 bits per heavy atom. The molecule has 0 bridgehead atoms. The molecule has 1 aromatic rings. The molecule has 21 heavy (non-hydrogen) atoms. The van der Waals surface area contributed by atoms with Gasteiger partial charge in [0.1, 0.15) is 11.9 Å². The molecule has 2 N–H and O–H groups in total. The Balaban J connectivity index is 2.52. The van der Waals surface area contributed by atoms with Crippen molar-refractivity contribution in [1.29, 1.82) is 5.41 Å². The molecule has 6 nitrogen and oxygen atoms in total. The van der Waals surface area contributed by atoms with Gasteiger partial charge < -0.3 is 9.47 Å². The van der Waals surface area contributed by atoms with Crippen LogP contribution in [0.2, 0.25) is 0 Å². The number of terminal acetylenes is 1. The van der Waals surface area contributed by atoms with Crippen molar-refractivity contribution >= 4 is 27.8 Å². The van der Waals surface area contributed by atoms with E-state index < -0.39 is 6.04 Å². The monoisotopic (exact) mass is 351 g/mol. The summed E-state index contributed by atoms with van der Waals surface area (Å²) in [6.07, 6.45) is 5.30. The molecule has 1 saturated heterocycles. The SMILES string of the molecule is C#CCN1C(=O)NC(=N)C1c1cc(OC)c(OC)cc1Br. The van der Waals surface area contributed by atoms with Crippen LogP contribution in [0.1, 0.15) is 11.6 Å². The van der Waals surface area contributed by atoms with Crippen LogP contribution in [0.4, 0.5) is 4.79 Å². The fraction of sp³-hybridized carbons (Fsp3) is 0.286. The maximum atomic E-state index is 11.9. The molecule has 110 valence electrons. The summed E-state index contributed by atoms with van der Waals surface area (Å²) in [7, 11) is 3.06. The van der Waals surface area contributed by atoms with Gasteiger partial charge in [0.15, 0.2) is 11.5 Å². The van der Waals surface area contributed by atoms with Crippen molar-refractivity contribution in [3.63, 3.8) is 0 Å². The van der Waals surface area contributed by atoms with Crippen molar-refractivity contribution < 1.29 is 14.3 Å². The van der Waals surface area contributed by atoms with Crippen LogP contribution in [0.25, 0.3) is 0 Å². The number of ether oxygens (including phenoxy) is 2. The molecule has 1 aliphatic heterocycles. The summed E-state index contributed by atoms with van der Waals surface area (Å²) in [6, 6.07) is 2.50. The summed E-state index contributed by atoms with van der Waals surface area (Å²) >= 11 is 3.44. The van der Waals surface area contributed by atoms with E-state index in [2.05, 4.69) is 27.2 Å². The van der Waals surface area contributed by atoms with Gasteiger partial charge in [-0.05, 0) is 12.1 Å². The van der Waals surface area contributed by atoms with E-state index in [1.807, 2.05) is 0 Å². The molecule has 2 rings (SSSR count). The highest BCUT2D eigenvalue weighted by Crippen LogP contribution is 2.39. The van der Waals surface area contributed by atoms with Gasteiger partial charge in [0, 0.05) is 10.0 Å². The average Bonchev–Trinajstić information content (AvgIpc) is 2.73. The minimum absolute atomic E-state index is 0.0724. The Kier molecular flexibility index (Phi) is 4.38. The smallest absolute Gasteiger partial charge is 0.324 e. The maximum Gasteiger partial charge on any atom is 0.324 e. The van der Waals surface area contributed by atoms with Gasteiger partial charge in [-0.1, -0.05) is 21.9 Å². The van der Waals surface area contributed by atoms with Gasteiger partial charge in [-0.15, -0.1) is 6.42 Å². The highest BCUT2D eigenvalue weighted by molar-refractivity contribution is 9.10. The zero-order valence-corrected chi connectivity index (χ0v) is 13.2. The standard InChI is InChI=1S/C14H14BrN3O3/c1-4-5-18-12(13(16)17-14(18)19)8-6-10(20-2)11(21-3)7-9(8)15/h1,6-7,12H,5H2,2-3H3,(H2,16,17,19). The Morgan fingerprint density at radius 3 is 2.62 bits per heavy atom. The van der Waals surface area contributed by atoms with E-state index in [4.69, 9.17) is 21.3 Å². The molecular formula is C14H14BrN3O3. The molecule has 1 aliphatic rings. The number of halogens is 1. The van der Waals surface area contributed by atoms with Crippen molar-refractivity contribution in [2.75, 3.05) is 20.8 Å². The topological polar surface area (TPSA) is 74.7 Å². The number of amidine groups is 1. The lowest BCUT2D eigenvalue weighted by Crippen LogP contribution is -2.30. The number of nitrogens with one attached hydrogen (secondary N) is 2. The second-order valence-electron chi connectivity index (χ2n) is 4.31. The van der Waals surface area contributed by atoms with E-state index in [9.17, 15) is 4.79 Å². The van der Waals surface area contributed by atoms with Crippen molar-refractivity contribution in [1.82, 2.24) is 10.2 Å². The number of hydrogen-bond acceptors (Lipinski definition) is 4. The minimum Gasteiger partial charge on any atom is -0.493 e. The zero-order valence-electron chi connectivity index (χ0n) is 11.6. The van der Waals surface area contributed by atoms with Crippen LogP contribution in [-0.2, 0) is 0 Å². The lowest BCUT2D eigenvalue weighted by molar-refractivity contribution is 0.212. The molecule has 1 atom stereocenters. The summed E-state index contributed by atoms with van der Waals surface area (Å²) in [5.41, 5.74) is 0.700. The van der Waals surface area contributed by atoms with Crippen molar-refractivity contribution in [3.8, 4) is 23.8 Å². The molecule has 1 fully saturated rings. The summed E-state index contributed by atoms with van der Waals surface area (Å²) in [6.45, 7) is 0.111. The number of hydrogen-bond donors (Lipinski definition) is 2. The molecule has 1 aromatic carbocycles.